The van der Waals surface area contributed by atoms with E-state index in [1.165, 1.54) is 0 Å². The van der Waals surface area contributed by atoms with Crippen molar-refractivity contribution in [1.29, 1.82) is 0 Å². The van der Waals surface area contributed by atoms with Gasteiger partial charge in [0.05, 0.1) is 19.0 Å². The molecule has 116 valence electrons. The van der Waals surface area contributed by atoms with E-state index in [1.807, 2.05) is 29.3 Å². The van der Waals surface area contributed by atoms with Gasteiger partial charge >= 0.3 is 5.97 Å². The van der Waals surface area contributed by atoms with Crippen LogP contribution in [0.3, 0.4) is 0 Å². The summed E-state index contributed by atoms with van der Waals surface area (Å²) in [6, 6.07) is 3.91. The van der Waals surface area contributed by atoms with Crippen molar-refractivity contribution in [2.75, 3.05) is 24.6 Å². The number of amides is 1. The number of hydrogen-bond acceptors (Lipinski definition) is 5. The van der Waals surface area contributed by atoms with E-state index < -0.39 is 5.97 Å². The first-order valence-corrected chi connectivity index (χ1v) is 8.96. The number of hydrogen-bond donors (Lipinski definition) is 2. The molecule has 1 aliphatic rings. The molecule has 0 saturated carbocycles. The van der Waals surface area contributed by atoms with Crippen molar-refractivity contribution in [1.82, 2.24) is 10.2 Å². The van der Waals surface area contributed by atoms with Crippen molar-refractivity contribution in [2.45, 2.75) is 25.4 Å². The minimum atomic E-state index is -0.806. The monoisotopic (exact) mass is 328 g/mol. The Morgan fingerprint density at radius 3 is 3.05 bits per heavy atom. The molecule has 7 heteroatoms. The van der Waals surface area contributed by atoms with Crippen molar-refractivity contribution in [3.05, 3.63) is 22.4 Å². The first kappa shape index (κ1) is 16.3. The molecular formula is C14H20N2O3S2. The smallest absolute Gasteiger partial charge is 0.304 e. The number of rotatable bonds is 6. The zero-order valence-corrected chi connectivity index (χ0v) is 13.6. The molecule has 2 atom stereocenters. The Kier molecular flexibility index (Phi) is 6.08. The second kappa shape index (κ2) is 7.82. The summed E-state index contributed by atoms with van der Waals surface area (Å²) in [4.78, 5) is 26.2. The van der Waals surface area contributed by atoms with Crippen LogP contribution in [0.1, 0.15) is 24.3 Å². The van der Waals surface area contributed by atoms with E-state index in [1.54, 1.807) is 23.1 Å². The maximum atomic E-state index is 12.1. The lowest BCUT2D eigenvalue weighted by molar-refractivity contribution is -0.138. The van der Waals surface area contributed by atoms with Gasteiger partial charge in [-0.1, -0.05) is 6.07 Å². The second-order valence-electron chi connectivity index (χ2n) is 5.10. The Labute approximate surface area is 132 Å². The molecular weight excluding hydrogens is 308 g/mol. The highest BCUT2D eigenvalue weighted by Gasteiger charge is 2.26. The van der Waals surface area contributed by atoms with Gasteiger partial charge in [0.15, 0.2) is 0 Å². The Morgan fingerprint density at radius 1 is 1.57 bits per heavy atom. The molecule has 2 unspecified atom stereocenters. The molecule has 1 saturated heterocycles. The molecule has 2 heterocycles. The van der Waals surface area contributed by atoms with Gasteiger partial charge in [-0.15, -0.1) is 11.3 Å². The summed E-state index contributed by atoms with van der Waals surface area (Å²) in [6.07, 6.45) is 0.0980. The van der Waals surface area contributed by atoms with Gasteiger partial charge < -0.3 is 10.4 Å². The van der Waals surface area contributed by atoms with Crippen molar-refractivity contribution < 1.29 is 14.7 Å². The fourth-order valence-corrected chi connectivity index (χ4v) is 4.23. The molecule has 5 nitrogen and oxygen atoms in total. The lowest BCUT2D eigenvalue weighted by Gasteiger charge is -2.34. The molecule has 1 aromatic heterocycles. The zero-order chi connectivity index (χ0) is 15.2. The summed E-state index contributed by atoms with van der Waals surface area (Å²) in [5.41, 5.74) is 0. The van der Waals surface area contributed by atoms with Crippen molar-refractivity contribution in [2.24, 2.45) is 0 Å². The molecule has 0 aromatic carbocycles. The molecule has 1 aliphatic heterocycles. The number of carbonyl (C=O) groups is 2. The number of carboxylic acids is 1. The summed E-state index contributed by atoms with van der Waals surface area (Å²) in [6.45, 7) is 3.00. The topological polar surface area (TPSA) is 69.6 Å². The average molecular weight is 328 g/mol. The third-order valence-electron chi connectivity index (χ3n) is 3.45. The van der Waals surface area contributed by atoms with Gasteiger partial charge in [0, 0.05) is 29.0 Å². The van der Waals surface area contributed by atoms with Crippen molar-refractivity contribution in [3.8, 4) is 0 Å². The van der Waals surface area contributed by atoms with E-state index in [4.69, 9.17) is 5.11 Å². The van der Waals surface area contributed by atoms with Crippen LogP contribution in [0.4, 0.5) is 0 Å². The van der Waals surface area contributed by atoms with Gasteiger partial charge in [0.2, 0.25) is 5.91 Å². The maximum Gasteiger partial charge on any atom is 0.304 e. The Hall–Kier alpha value is -1.05. The van der Waals surface area contributed by atoms with Crippen LogP contribution < -0.4 is 5.32 Å². The third kappa shape index (κ3) is 5.01. The number of aliphatic carboxylic acids is 1. The van der Waals surface area contributed by atoms with Gasteiger partial charge in [-0.05, 0) is 18.4 Å². The Balaban J connectivity index is 1.86. The largest absolute Gasteiger partial charge is 0.481 e. The highest BCUT2D eigenvalue weighted by atomic mass is 32.2. The van der Waals surface area contributed by atoms with Crippen molar-refractivity contribution >= 4 is 35.0 Å². The summed E-state index contributed by atoms with van der Waals surface area (Å²) in [5, 5.41) is 13.9. The van der Waals surface area contributed by atoms with Crippen molar-refractivity contribution in [3.63, 3.8) is 0 Å². The zero-order valence-electron chi connectivity index (χ0n) is 11.9. The number of nitrogens with one attached hydrogen (secondary N) is 1. The SMILES string of the molecule is CC(NC(=O)CN1CCSCC1CC(=O)O)c1cccs1. The first-order valence-electron chi connectivity index (χ1n) is 6.92. The van der Waals surface area contributed by atoms with Gasteiger partial charge in [-0.25, -0.2) is 0 Å². The molecule has 1 fully saturated rings. The van der Waals surface area contributed by atoms with E-state index >= 15 is 0 Å². The maximum absolute atomic E-state index is 12.1. The normalized spacial score (nSPS) is 20.9. The van der Waals surface area contributed by atoms with E-state index in [-0.39, 0.29) is 31.0 Å². The third-order valence-corrected chi connectivity index (χ3v) is 5.60. The van der Waals surface area contributed by atoms with Gasteiger partial charge in [0.25, 0.3) is 0 Å². The second-order valence-corrected chi connectivity index (χ2v) is 7.23. The number of thiophene rings is 1. The quantitative estimate of drug-likeness (QED) is 0.833. The van der Waals surface area contributed by atoms with Crippen LogP contribution in [0.5, 0.6) is 0 Å². The van der Waals surface area contributed by atoms with Crippen LogP contribution in [0.25, 0.3) is 0 Å². The molecule has 0 bridgehead atoms. The highest BCUT2D eigenvalue weighted by Crippen LogP contribution is 2.20. The number of carboxylic acid groups (broad SMARTS) is 1. The van der Waals surface area contributed by atoms with Gasteiger partial charge in [-0.2, -0.15) is 11.8 Å². The molecule has 0 radical (unpaired) electrons. The molecule has 1 amide bonds. The predicted molar refractivity (Wildman–Crippen MR) is 85.8 cm³/mol. The molecule has 2 N–H and O–H groups in total. The standard InChI is InChI=1S/C14H20N2O3S2/c1-10(12-3-2-5-21-12)15-13(17)8-16-4-6-20-9-11(16)7-14(18)19/h2-3,5,10-11H,4,6-9H2,1H3,(H,15,17)(H,18,19). The molecule has 21 heavy (non-hydrogen) atoms. The van der Waals surface area contributed by atoms with Crippen LogP contribution in [-0.2, 0) is 9.59 Å². The van der Waals surface area contributed by atoms with Crippen LogP contribution in [-0.4, -0.2) is 52.5 Å². The fraction of sp³-hybridized carbons (Fsp3) is 0.571. The van der Waals surface area contributed by atoms with E-state index in [2.05, 4.69) is 5.32 Å². The highest BCUT2D eigenvalue weighted by molar-refractivity contribution is 7.99. The van der Waals surface area contributed by atoms with Gasteiger partial charge in [-0.3, -0.25) is 14.5 Å². The molecule has 0 aliphatic carbocycles. The average Bonchev–Trinajstić information content (AvgIpc) is 2.94. The van der Waals surface area contributed by atoms with E-state index in [0.29, 0.717) is 0 Å². The number of carbonyl (C=O) groups excluding carboxylic acids is 1. The number of nitrogens with zero attached hydrogens (tertiary/aromatic N) is 1. The van der Waals surface area contributed by atoms with Crippen LogP contribution in [0, 0.1) is 0 Å². The van der Waals surface area contributed by atoms with Crippen LogP contribution >= 0.6 is 23.1 Å². The molecule has 1 aromatic rings. The minimum Gasteiger partial charge on any atom is -0.481 e. The Bertz CT molecular complexity index is 479. The van der Waals surface area contributed by atoms with Crippen LogP contribution in [0.15, 0.2) is 17.5 Å². The van der Waals surface area contributed by atoms with Gasteiger partial charge in [0.1, 0.15) is 0 Å². The summed E-state index contributed by atoms with van der Waals surface area (Å²) >= 11 is 3.37. The number of thioether (sulfide) groups is 1. The summed E-state index contributed by atoms with van der Waals surface area (Å²) < 4.78 is 0. The fourth-order valence-electron chi connectivity index (χ4n) is 2.37. The lowest BCUT2D eigenvalue weighted by Crippen LogP contribution is -2.48. The van der Waals surface area contributed by atoms with E-state index in [0.717, 1.165) is 22.9 Å². The Morgan fingerprint density at radius 2 is 2.38 bits per heavy atom. The lowest BCUT2D eigenvalue weighted by atomic mass is 10.2. The minimum absolute atomic E-state index is 0.00501. The first-order chi connectivity index (χ1) is 10.1. The molecule has 0 spiro atoms. The summed E-state index contributed by atoms with van der Waals surface area (Å²) in [5.74, 6) is 0.877. The predicted octanol–water partition coefficient (Wildman–Crippen LogP) is 1.82. The summed E-state index contributed by atoms with van der Waals surface area (Å²) in [7, 11) is 0. The van der Waals surface area contributed by atoms with E-state index in [9.17, 15) is 9.59 Å². The van der Waals surface area contributed by atoms with Crippen LogP contribution in [0.2, 0.25) is 0 Å². The molecule has 2 rings (SSSR count).